The van der Waals surface area contributed by atoms with Gasteiger partial charge in [0.25, 0.3) is 0 Å². The van der Waals surface area contributed by atoms with Gasteiger partial charge in [-0.05, 0) is 12.8 Å². The van der Waals surface area contributed by atoms with Gasteiger partial charge in [-0.3, -0.25) is 10.2 Å². The Morgan fingerprint density at radius 2 is 2.00 bits per heavy atom. The maximum Gasteiger partial charge on any atom is 0.235 e. The van der Waals surface area contributed by atoms with Crippen LogP contribution in [0.4, 0.5) is 0 Å². The van der Waals surface area contributed by atoms with Gasteiger partial charge in [0, 0.05) is 12.0 Å². The summed E-state index contributed by atoms with van der Waals surface area (Å²) < 4.78 is 0. The van der Waals surface area contributed by atoms with Crippen LogP contribution in [0.2, 0.25) is 0 Å². The monoisotopic (exact) mass is 157 g/mol. The van der Waals surface area contributed by atoms with Crippen molar-refractivity contribution >= 4 is 5.91 Å². The van der Waals surface area contributed by atoms with E-state index in [0.717, 1.165) is 25.7 Å². The minimum atomic E-state index is -0.274. The molecule has 1 rings (SSSR count). The third kappa shape index (κ3) is 2.17. The van der Waals surface area contributed by atoms with Gasteiger partial charge in [0.1, 0.15) is 0 Å². The maximum atomic E-state index is 10.9. The quantitative estimate of drug-likeness (QED) is 0.291. The van der Waals surface area contributed by atoms with Gasteiger partial charge in [0.05, 0.1) is 0 Å². The van der Waals surface area contributed by atoms with Gasteiger partial charge in [-0.2, -0.15) is 0 Å². The summed E-state index contributed by atoms with van der Waals surface area (Å²) in [6.07, 6.45) is 4.52. The van der Waals surface area contributed by atoms with Crippen molar-refractivity contribution in [1.29, 1.82) is 0 Å². The van der Waals surface area contributed by atoms with E-state index in [1.165, 1.54) is 0 Å². The zero-order valence-corrected chi connectivity index (χ0v) is 6.60. The molecule has 0 heterocycles. The lowest BCUT2D eigenvalue weighted by molar-refractivity contribution is -0.122. The number of hydrogen-bond donors (Lipinski definition) is 3. The normalized spacial score (nSPS) is 21.6. The summed E-state index contributed by atoms with van der Waals surface area (Å²) in [5.41, 5.74) is 7.74. The molecule has 0 aliphatic heterocycles. The zero-order valence-electron chi connectivity index (χ0n) is 6.60. The van der Waals surface area contributed by atoms with Crippen molar-refractivity contribution in [2.75, 3.05) is 0 Å². The molecule has 0 unspecified atom stereocenters. The van der Waals surface area contributed by atoms with Gasteiger partial charge in [0.2, 0.25) is 5.91 Å². The van der Waals surface area contributed by atoms with Crippen molar-refractivity contribution in [3.05, 3.63) is 0 Å². The number of nitrogens with one attached hydrogen (secondary N) is 1. The van der Waals surface area contributed by atoms with Gasteiger partial charge in [-0.15, -0.1) is 0 Å². The molecule has 0 saturated heterocycles. The molecular formula is C7H15N3O. The Hall–Kier alpha value is -0.610. The van der Waals surface area contributed by atoms with Crippen molar-refractivity contribution in [2.45, 2.75) is 37.6 Å². The standard InChI is InChI=1S/C7H15N3O/c8-7(3-1-2-4-7)5-6(11)10-9/h1-5,8-9H2,(H,10,11). The van der Waals surface area contributed by atoms with Gasteiger partial charge >= 0.3 is 0 Å². The second kappa shape index (κ2) is 3.19. The van der Waals surface area contributed by atoms with E-state index in [4.69, 9.17) is 11.6 Å². The minimum absolute atomic E-state index is 0.158. The fourth-order valence-corrected chi connectivity index (χ4v) is 1.63. The summed E-state index contributed by atoms with van der Waals surface area (Å²) in [5, 5.41) is 0. The van der Waals surface area contributed by atoms with Crippen LogP contribution in [0.25, 0.3) is 0 Å². The molecule has 0 atom stereocenters. The zero-order chi connectivity index (χ0) is 8.32. The third-order valence-corrected chi connectivity index (χ3v) is 2.27. The van der Waals surface area contributed by atoms with Gasteiger partial charge in [-0.1, -0.05) is 12.8 Å². The molecule has 4 heteroatoms. The van der Waals surface area contributed by atoms with Crippen LogP contribution in [-0.4, -0.2) is 11.4 Å². The highest BCUT2D eigenvalue weighted by Crippen LogP contribution is 2.29. The van der Waals surface area contributed by atoms with Crippen LogP contribution in [0.1, 0.15) is 32.1 Å². The van der Waals surface area contributed by atoms with Crippen LogP contribution in [0.3, 0.4) is 0 Å². The Labute approximate surface area is 66.3 Å². The van der Waals surface area contributed by atoms with Crippen molar-refractivity contribution in [3.8, 4) is 0 Å². The highest BCUT2D eigenvalue weighted by Gasteiger charge is 2.31. The number of carbonyl (C=O) groups is 1. The SMILES string of the molecule is NNC(=O)CC1(N)CCCC1. The average molecular weight is 157 g/mol. The summed E-state index contributed by atoms with van der Waals surface area (Å²) in [7, 11) is 0. The lowest BCUT2D eigenvalue weighted by Gasteiger charge is -2.21. The van der Waals surface area contributed by atoms with Gasteiger partial charge < -0.3 is 5.73 Å². The fourth-order valence-electron chi connectivity index (χ4n) is 1.63. The van der Waals surface area contributed by atoms with E-state index in [0.29, 0.717) is 6.42 Å². The van der Waals surface area contributed by atoms with E-state index in [9.17, 15) is 4.79 Å². The topological polar surface area (TPSA) is 81.1 Å². The predicted octanol–water partition coefficient (Wildman–Crippen LogP) is -0.362. The first-order valence-electron chi connectivity index (χ1n) is 3.95. The van der Waals surface area contributed by atoms with Crippen LogP contribution in [-0.2, 0) is 4.79 Å². The summed E-state index contributed by atoms with van der Waals surface area (Å²) in [6, 6.07) is 0. The van der Waals surface area contributed by atoms with Crippen molar-refractivity contribution < 1.29 is 4.79 Å². The lowest BCUT2D eigenvalue weighted by Crippen LogP contribution is -2.43. The first kappa shape index (κ1) is 8.49. The molecule has 5 N–H and O–H groups in total. The molecule has 0 aromatic heterocycles. The summed E-state index contributed by atoms with van der Waals surface area (Å²) in [5.74, 6) is 4.80. The molecule has 0 bridgehead atoms. The highest BCUT2D eigenvalue weighted by molar-refractivity contribution is 5.76. The molecule has 64 valence electrons. The van der Waals surface area contributed by atoms with Crippen LogP contribution in [0, 0.1) is 0 Å². The molecule has 0 radical (unpaired) electrons. The molecule has 1 amide bonds. The largest absolute Gasteiger partial charge is 0.325 e. The van der Waals surface area contributed by atoms with E-state index in [1.807, 2.05) is 0 Å². The van der Waals surface area contributed by atoms with Gasteiger partial charge in [0.15, 0.2) is 0 Å². The Kier molecular flexibility index (Phi) is 2.46. The van der Waals surface area contributed by atoms with Crippen molar-refractivity contribution in [2.24, 2.45) is 11.6 Å². The van der Waals surface area contributed by atoms with Crippen LogP contribution in [0.15, 0.2) is 0 Å². The molecule has 0 aromatic rings. The molecule has 0 spiro atoms. The Morgan fingerprint density at radius 3 is 2.45 bits per heavy atom. The minimum Gasteiger partial charge on any atom is -0.325 e. The number of carbonyl (C=O) groups excluding carboxylic acids is 1. The lowest BCUT2D eigenvalue weighted by atomic mass is 9.94. The second-order valence-electron chi connectivity index (χ2n) is 3.31. The summed E-state index contributed by atoms with van der Waals surface area (Å²) in [4.78, 5) is 10.9. The Bertz CT molecular complexity index is 152. The Balaban J connectivity index is 2.39. The second-order valence-corrected chi connectivity index (χ2v) is 3.31. The van der Waals surface area contributed by atoms with Crippen LogP contribution >= 0.6 is 0 Å². The average Bonchev–Trinajstić information content (AvgIpc) is 2.36. The predicted molar refractivity (Wildman–Crippen MR) is 42.3 cm³/mol. The third-order valence-electron chi connectivity index (χ3n) is 2.27. The molecular weight excluding hydrogens is 142 g/mol. The Morgan fingerprint density at radius 1 is 1.45 bits per heavy atom. The first-order valence-corrected chi connectivity index (χ1v) is 3.95. The van der Waals surface area contributed by atoms with E-state index in [-0.39, 0.29) is 11.4 Å². The molecule has 4 nitrogen and oxygen atoms in total. The number of hydrazine groups is 1. The van der Waals surface area contributed by atoms with Crippen LogP contribution < -0.4 is 17.0 Å². The molecule has 1 saturated carbocycles. The summed E-state index contributed by atoms with van der Waals surface area (Å²) in [6.45, 7) is 0. The molecule has 0 aromatic carbocycles. The highest BCUT2D eigenvalue weighted by atomic mass is 16.2. The smallest absolute Gasteiger partial charge is 0.235 e. The molecule has 1 aliphatic rings. The molecule has 1 fully saturated rings. The number of hydrogen-bond acceptors (Lipinski definition) is 3. The van der Waals surface area contributed by atoms with Crippen LogP contribution in [0.5, 0.6) is 0 Å². The number of rotatable bonds is 2. The van der Waals surface area contributed by atoms with E-state index in [1.54, 1.807) is 0 Å². The molecule has 11 heavy (non-hydrogen) atoms. The first-order chi connectivity index (χ1) is 5.16. The van der Waals surface area contributed by atoms with Gasteiger partial charge in [-0.25, -0.2) is 5.84 Å². The fraction of sp³-hybridized carbons (Fsp3) is 0.857. The van der Waals surface area contributed by atoms with E-state index in [2.05, 4.69) is 5.43 Å². The van der Waals surface area contributed by atoms with E-state index >= 15 is 0 Å². The van der Waals surface area contributed by atoms with Crippen molar-refractivity contribution in [3.63, 3.8) is 0 Å². The molecule has 1 aliphatic carbocycles. The number of amides is 1. The maximum absolute atomic E-state index is 10.9. The number of nitrogens with two attached hydrogens (primary N) is 2. The van der Waals surface area contributed by atoms with Crippen molar-refractivity contribution in [1.82, 2.24) is 5.43 Å². The summed E-state index contributed by atoms with van der Waals surface area (Å²) >= 11 is 0. The van der Waals surface area contributed by atoms with E-state index < -0.39 is 0 Å².